The van der Waals surface area contributed by atoms with Crippen molar-refractivity contribution in [3.63, 3.8) is 0 Å². The number of anilines is 2. The van der Waals surface area contributed by atoms with E-state index in [0.717, 1.165) is 62.5 Å². The molecule has 5 aromatic rings. The minimum absolute atomic E-state index is 0.0504. The molecule has 10 nitrogen and oxygen atoms in total. The van der Waals surface area contributed by atoms with E-state index in [0.29, 0.717) is 29.2 Å². The quantitative estimate of drug-likeness (QED) is 0.122. The number of hydrogen-bond acceptors (Lipinski definition) is 9. The van der Waals surface area contributed by atoms with Gasteiger partial charge >= 0.3 is 6.09 Å². The molecule has 0 aromatic heterocycles. The lowest BCUT2D eigenvalue weighted by atomic mass is 9.85. The molecular weight excluding hydrogens is 872 g/mol. The summed E-state index contributed by atoms with van der Waals surface area (Å²) in [5, 5.41) is 4.43. The Bertz CT molecular complexity index is 2740. The smallest absolute Gasteiger partial charge is 0.415 e. The number of ether oxygens (including phenoxy) is 4. The third kappa shape index (κ3) is 12.0. The monoisotopic (exact) mass is 934 g/mol. The number of halogens is 1. The van der Waals surface area contributed by atoms with Gasteiger partial charge in [0.15, 0.2) is 0 Å². The topological polar surface area (TPSA) is 113 Å². The maximum atomic E-state index is 13.3. The number of carbonyl (C=O) groups is 1. The lowest BCUT2D eigenvalue weighted by Crippen LogP contribution is -2.51. The van der Waals surface area contributed by atoms with Crippen molar-refractivity contribution >= 4 is 50.3 Å². The molecule has 7 rings (SSSR count). The first-order chi connectivity index (χ1) is 31.0. The molecule has 0 saturated carbocycles. The van der Waals surface area contributed by atoms with E-state index in [4.69, 9.17) is 34.7 Å². The van der Waals surface area contributed by atoms with Crippen LogP contribution in [0.15, 0.2) is 121 Å². The molecule has 1 N–H and O–H groups in total. The van der Waals surface area contributed by atoms with E-state index in [1.807, 2.05) is 120 Å². The van der Waals surface area contributed by atoms with Gasteiger partial charge in [0.05, 0.1) is 56.1 Å². The molecule has 0 spiro atoms. The zero-order valence-corrected chi connectivity index (χ0v) is 41.7. The first-order valence-corrected chi connectivity index (χ1v) is 24.3. The summed E-state index contributed by atoms with van der Waals surface area (Å²) in [5.41, 5.74) is 8.85. The molecule has 0 radical (unpaired) electrons. The zero-order valence-electron chi connectivity index (χ0n) is 40.1. The van der Waals surface area contributed by atoms with Gasteiger partial charge in [0.2, 0.25) is 0 Å². The molecule has 66 heavy (non-hydrogen) atoms. The molecule has 2 heterocycles. The van der Waals surface area contributed by atoms with E-state index in [9.17, 15) is 13.2 Å². The second-order valence-electron chi connectivity index (χ2n) is 18.7. The van der Waals surface area contributed by atoms with E-state index in [1.54, 1.807) is 26.0 Å². The molecule has 1 amide bonds. The van der Waals surface area contributed by atoms with Crippen molar-refractivity contribution in [3.05, 3.63) is 143 Å². The van der Waals surface area contributed by atoms with Crippen molar-refractivity contribution in [3.8, 4) is 33.8 Å². The average Bonchev–Trinajstić information content (AvgIpc) is 3.24. The number of fused-ring (bicyclic) bond motifs is 2. The highest BCUT2D eigenvalue weighted by Gasteiger charge is 2.41. The molecule has 5 aromatic carbocycles. The van der Waals surface area contributed by atoms with Crippen LogP contribution in [0.1, 0.15) is 79.0 Å². The summed E-state index contributed by atoms with van der Waals surface area (Å²) in [6.07, 6.45) is 4.65. The number of rotatable bonds is 12. The predicted octanol–water partition coefficient (Wildman–Crippen LogP) is 12.9. The molecule has 350 valence electrons. The SMILES string of the molecule is COc1ccccc1-c1ccc2c(c1)C(C(C)OCCc1ccccc1Cl)=CC(C)(C)N2.COc1ccccc1-c1ccc2c(c1)C(C(C)OS(C)(=O)=O)=CC(C)(C)N2C(=O)OC(C)(C)C. The van der Waals surface area contributed by atoms with Crippen LogP contribution < -0.4 is 19.7 Å². The number of amides is 1. The lowest BCUT2D eigenvalue weighted by molar-refractivity contribution is 0.0555. The van der Waals surface area contributed by atoms with E-state index in [-0.39, 0.29) is 11.6 Å². The Morgan fingerprint density at radius 1 is 0.727 bits per heavy atom. The Balaban J connectivity index is 0.000000219. The first kappa shape index (κ1) is 49.8. The highest BCUT2D eigenvalue weighted by molar-refractivity contribution is 7.86. The maximum Gasteiger partial charge on any atom is 0.415 e. The van der Waals surface area contributed by atoms with Crippen molar-refractivity contribution in [2.75, 3.05) is 37.3 Å². The molecular formula is C54H63ClN2O8S. The number of methoxy groups -OCH3 is 2. The molecule has 12 heteroatoms. The molecule has 0 fully saturated rings. The lowest BCUT2D eigenvalue weighted by Gasteiger charge is -2.43. The molecule has 2 aliphatic rings. The molecule has 2 atom stereocenters. The zero-order chi connectivity index (χ0) is 48.2. The van der Waals surface area contributed by atoms with Crippen molar-refractivity contribution < 1.29 is 36.3 Å². The standard InChI is InChI=1S/C28H30ClNO2.C26H33NO6S/c1-19(32-16-15-20-9-5-7-11-25(20)29)24-18-28(2,3)30-26-14-13-21(17-23(24)26)22-10-6-8-12-27(22)31-4;1-17(33-34(8,29)30)21-16-26(5,6)27(24(28)32-25(2,3)4)22-14-13-18(15-20(21)22)19-11-9-10-12-23(19)31-7/h5-14,17-19,30H,15-16H2,1-4H3;9-17H,1-8H3. The van der Waals surface area contributed by atoms with E-state index in [1.165, 1.54) is 5.57 Å². The summed E-state index contributed by atoms with van der Waals surface area (Å²) >= 11 is 6.31. The normalized spacial score (nSPS) is 15.9. The van der Waals surface area contributed by atoms with E-state index < -0.39 is 33.5 Å². The van der Waals surface area contributed by atoms with Gasteiger partial charge in [-0.25, -0.2) is 4.79 Å². The number of para-hydroxylation sites is 2. The Morgan fingerprint density at radius 3 is 1.85 bits per heavy atom. The van der Waals surface area contributed by atoms with Gasteiger partial charge in [0, 0.05) is 33.0 Å². The van der Waals surface area contributed by atoms with Crippen molar-refractivity contribution in [2.24, 2.45) is 0 Å². The Hall–Kier alpha value is -5.59. The van der Waals surface area contributed by atoms with Crippen LogP contribution >= 0.6 is 11.6 Å². The van der Waals surface area contributed by atoms with Crippen molar-refractivity contribution in [1.82, 2.24) is 0 Å². The number of nitrogens with zero attached hydrogens (tertiary/aromatic N) is 1. The van der Waals surface area contributed by atoms with Gasteiger partial charge in [0.1, 0.15) is 17.1 Å². The van der Waals surface area contributed by atoms with Crippen LogP contribution in [0.25, 0.3) is 33.4 Å². The van der Waals surface area contributed by atoms with E-state index >= 15 is 0 Å². The minimum Gasteiger partial charge on any atom is -0.496 e. The molecule has 2 unspecified atom stereocenters. The number of benzene rings is 5. The fourth-order valence-electron chi connectivity index (χ4n) is 8.40. The largest absolute Gasteiger partial charge is 0.496 e. The number of hydrogen-bond donors (Lipinski definition) is 1. The third-order valence-electron chi connectivity index (χ3n) is 11.2. The predicted molar refractivity (Wildman–Crippen MR) is 269 cm³/mol. The summed E-state index contributed by atoms with van der Waals surface area (Å²) in [4.78, 5) is 14.9. The molecule has 0 aliphatic carbocycles. The number of nitrogens with one attached hydrogen (secondary N) is 1. The van der Waals surface area contributed by atoms with Crippen LogP contribution in [0.2, 0.25) is 5.02 Å². The van der Waals surface area contributed by atoms with Gasteiger partial charge in [-0.05, 0) is 139 Å². The van der Waals surface area contributed by atoms with Gasteiger partial charge in [-0.15, -0.1) is 0 Å². The summed E-state index contributed by atoms with van der Waals surface area (Å²) in [5.74, 6) is 1.57. The van der Waals surface area contributed by atoms with Crippen LogP contribution in [0.5, 0.6) is 11.5 Å². The highest BCUT2D eigenvalue weighted by atomic mass is 35.5. The summed E-state index contributed by atoms with van der Waals surface area (Å²) in [6.45, 7) is 18.0. The summed E-state index contributed by atoms with van der Waals surface area (Å²) in [7, 11) is -0.387. The van der Waals surface area contributed by atoms with Gasteiger partial charge in [-0.2, -0.15) is 8.42 Å². The van der Waals surface area contributed by atoms with Crippen LogP contribution in [-0.4, -0.2) is 70.5 Å². The van der Waals surface area contributed by atoms with Crippen molar-refractivity contribution in [2.45, 2.75) is 97.6 Å². The molecule has 2 aliphatic heterocycles. The minimum atomic E-state index is -3.71. The Morgan fingerprint density at radius 2 is 1.27 bits per heavy atom. The van der Waals surface area contributed by atoms with E-state index in [2.05, 4.69) is 62.5 Å². The number of carbonyl (C=O) groups excluding carboxylic acids is 1. The third-order valence-corrected chi connectivity index (χ3v) is 12.2. The second-order valence-corrected chi connectivity index (χ2v) is 20.7. The second kappa shape index (κ2) is 20.1. The Labute approximate surface area is 396 Å². The van der Waals surface area contributed by atoms with Gasteiger partial charge in [0.25, 0.3) is 10.1 Å². The van der Waals surface area contributed by atoms with Crippen LogP contribution in [0, 0.1) is 0 Å². The van der Waals surface area contributed by atoms with Crippen LogP contribution in [-0.2, 0) is 30.2 Å². The van der Waals surface area contributed by atoms with Gasteiger partial charge in [-0.1, -0.05) is 90.5 Å². The fraction of sp³-hybridized carbons (Fsp3) is 0.352. The summed E-state index contributed by atoms with van der Waals surface area (Å²) < 4.78 is 52.3. The average molecular weight is 936 g/mol. The van der Waals surface area contributed by atoms with Crippen LogP contribution in [0.3, 0.4) is 0 Å². The van der Waals surface area contributed by atoms with Gasteiger partial charge < -0.3 is 24.3 Å². The van der Waals surface area contributed by atoms with Crippen LogP contribution in [0.4, 0.5) is 16.2 Å². The van der Waals surface area contributed by atoms with Crippen molar-refractivity contribution in [1.29, 1.82) is 0 Å². The molecule has 0 bridgehead atoms. The summed E-state index contributed by atoms with van der Waals surface area (Å²) in [6, 6.07) is 35.9. The Kier molecular flexibility index (Phi) is 15.2. The first-order valence-electron chi connectivity index (χ1n) is 22.1. The fourth-order valence-corrected chi connectivity index (χ4v) is 9.26. The highest BCUT2D eigenvalue weighted by Crippen LogP contribution is 2.45. The van der Waals surface area contributed by atoms with Gasteiger partial charge in [-0.3, -0.25) is 9.08 Å². The maximum absolute atomic E-state index is 13.3. The molecule has 0 saturated heterocycles.